The Morgan fingerprint density at radius 3 is 0.766 bits per heavy atom. The van der Waals surface area contributed by atoms with Gasteiger partial charge < -0.3 is 19.8 Å². The normalized spacial score (nSPS) is 10.8. The predicted molar refractivity (Wildman–Crippen MR) is 197 cm³/mol. The third-order valence-corrected chi connectivity index (χ3v) is 8.30. The molecule has 0 aromatic heterocycles. The lowest BCUT2D eigenvalue weighted by molar-refractivity contribution is 0.426. The summed E-state index contributed by atoms with van der Waals surface area (Å²) in [4.78, 5) is 4.52. The molecule has 0 spiro atoms. The molecular formula is C42H33BN2O2. The molecule has 5 heteroatoms. The van der Waals surface area contributed by atoms with Gasteiger partial charge in [0, 0.05) is 34.1 Å². The van der Waals surface area contributed by atoms with Crippen molar-refractivity contribution in [3.63, 3.8) is 0 Å². The lowest BCUT2D eigenvalue weighted by Gasteiger charge is -2.26. The Morgan fingerprint density at radius 2 is 0.511 bits per heavy atom. The highest BCUT2D eigenvalue weighted by Gasteiger charge is 2.15. The Morgan fingerprint density at radius 1 is 0.277 bits per heavy atom. The van der Waals surface area contributed by atoms with Gasteiger partial charge in [-0.25, -0.2) is 0 Å². The van der Waals surface area contributed by atoms with Gasteiger partial charge in [-0.05, 0) is 101 Å². The zero-order valence-corrected chi connectivity index (χ0v) is 25.8. The fourth-order valence-corrected chi connectivity index (χ4v) is 5.88. The molecule has 0 radical (unpaired) electrons. The van der Waals surface area contributed by atoms with Crippen LogP contribution in [0.25, 0.3) is 22.3 Å². The van der Waals surface area contributed by atoms with Crippen LogP contribution in [0, 0.1) is 0 Å². The number of rotatable bonds is 9. The molecule has 4 nitrogen and oxygen atoms in total. The quantitative estimate of drug-likeness (QED) is 0.160. The molecule has 47 heavy (non-hydrogen) atoms. The van der Waals surface area contributed by atoms with E-state index in [-0.39, 0.29) is 0 Å². The van der Waals surface area contributed by atoms with Crippen LogP contribution in [0.4, 0.5) is 34.1 Å². The molecule has 0 amide bonds. The van der Waals surface area contributed by atoms with Crippen molar-refractivity contribution < 1.29 is 10.0 Å². The highest BCUT2D eigenvalue weighted by molar-refractivity contribution is 6.58. The van der Waals surface area contributed by atoms with Crippen molar-refractivity contribution in [2.45, 2.75) is 0 Å². The molecule has 0 bridgehead atoms. The second-order valence-corrected chi connectivity index (χ2v) is 11.3. The minimum absolute atomic E-state index is 0.473. The molecule has 7 aromatic carbocycles. The van der Waals surface area contributed by atoms with Gasteiger partial charge in [-0.3, -0.25) is 0 Å². The van der Waals surface area contributed by atoms with E-state index in [0.717, 1.165) is 56.4 Å². The molecule has 0 unspecified atom stereocenters. The van der Waals surface area contributed by atoms with Crippen LogP contribution in [0.15, 0.2) is 188 Å². The first-order valence-corrected chi connectivity index (χ1v) is 15.7. The van der Waals surface area contributed by atoms with Gasteiger partial charge in [0.25, 0.3) is 0 Å². The highest BCUT2D eigenvalue weighted by atomic mass is 16.4. The number of hydrogen-bond donors (Lipinski definition) is 2. The fourth-order valence-electron chi connectivity index (χ4n) is 5.88. The summed E-state index contributed by atoms with van der Waals surface area (Å²) in [6, 6.07) is 64.4. The minimum Gasteiger partial charge on any atom is -0.423 e. The summed E-state index contributed by atoms with van der Waals surface area (Å²) >= 11 is 0. The molecule has 0 aliphatic rings. The first kappa shape index (κ1) is 29.8. The van der Waals surface area contributed by atoms with Gasteiger partial charge in [-0.2, -0.15) is 0 Å². The number of hydrogen-bond acceptors (Lipinski definition) is 4. The topological polar surface area (TPSA) is 46.9 Å². The second-order valence-electron chi connectivity index (χ2n) is 11.3. The first-order valence-electron chi connectivity index (χ1n) is 15.7. The van der Waals surface area contributed by atoms with Crippen molar-refractivity contribution in [1.29, 1.82) is 0 Å². The van der Waals surface area contributed by atoms with Crippen molar-refractivity contribution >= 4 is 46.7 Å². The predicted octanol–water partition coefficient (Wildman–Crippen LogP) is 9.64. The molecule has 0 aliphatic carbocycles. The molecule has 0 saturated carbocycles. The average molecular weight is 609 g/mol. The second kappa shape index (κ2) is 13.6. The summed E-state index contributed by atoms with van der Waals surface area (Å²) in [7, 11) is -1.47. The van der Waals surface area contributed by atoms with Crippen molar-refractivity contribution in [3.05, 3.63) is 188 Å². The highest BCUT2D eigenvalue weighted by Crippen LogP contribution is 2.38. The van der Waals surface area contributed by atoms with Crippen molar-refractivity contribution in [3.8, 4) is 22.3 Å². The van der Waals surface area contributed by atoms with Crippen LogP contribution in [0.2, 0.25) is 0 Å². The summed E-state index contributed by atoms with van der Waals surface area (Å²) < 4.78 is 0. The summed E-state index contributed by atoms with van der Waals surface area (Å²) in [5.41, 5.74) is 11.3. The maximum Gasteiger partial charge on any atom is 0.488 e. The monoisotopic (exact) mass is 608 g/mol. The van der Waals surface area contributed by atoms with Crippen LogP contribution in [-0.4, -0.2) is 17.2 Å². The maximum atomic E-state index is 9.44. The van der Waals surface area contributed by atoms with Gasteiger partial charge in [0.2, 0.25) is 0 Å². The maximum absolute atomic E-state index is 9.44. The van der Waals surface area contributed by atoms with Crippen LogP contribution >= 0.6 is 0 Å². The summed E-state index contributed by atoms with van der Waals surface area (Å²) in [5.74, 6) is 0. The molecule has 0 atom stereocenters. The van der Waals surface area contributed by atoms with Crippen molar-refractivity contribution in [2.75, 3.05) is 9.80 Å². The van der Waals surface area contributed by atoms with E-state index in [0.29, 0.717) is 5.46 Å². The van der Waals surface area contributed by atoms with Crippen molar-refractivity contribution in [2.24, 2.45) is 0 Å². The zero-order valence-electron chi connectivity index (χ0n) is 25.8. The van der Waals surface area contributed by atoms with Gasteiger partial charge in [0.15, 0.2) is 0 Å². The fraction of sp³-hybridized carbons (Fsp3) is 0. The van der Waals surface area contributed by atoms with Crippen molar-refractivity contribution in [1.82, 2.24) is 0 Å². The average Bonchev–Trinajstić information content (AvgIpc) is 3.14. The van der Waals surface area contributed by atoms with Gasteiger partial charge in [-0.15, -0.1) is 0 Å². The molecule has 226 valence electrons. The van der Waals surface area contributed by atoms with E-state index in [1.54, 1.807) is 12.1 Å². The molecule has 0 saturated heterocycles. The van der Waals surface area contributed by atoms with Gasteiger partial charge >= 0.3 is 7.12 Å². The standard InChI is InChI=1S/C42H33BN2O2/c46-43(47)36-24-16-32(17-25-36)33-18-28-41(29-19-33)45(39-14-8-3-9-15-39)42-30-22-35(23-31-42)34-20-26-40(27-21-34)44(37-10-4-1-5-11-37)38-12-6-2-7-13-38/h1-31,46-47H. The summed E-state index contributed by atoms with van der Waals surface area (Å²) in [6.07, 6.45) is 0. The third-order valence-electron chi connectivity index (χ3n) is 8.30. The number of anilines is 6. The van der Waals surface area contributed by atoms with Crippen LogP contribution in [0.3, 0.4) is 0 Å². The Hall–Kier alpha value is -5.88. The Balaban J connectivity index is 1.16. The molecule has 0 heterocycles. The van der Waals surface area contributed by atoms with Crippen LogP contribution in [-0.2, 0) is 0 Å². The molecule has 7 rings (SSSR count). The lowest BCUT2D eigenvalue weighted by Crippen LogP contribution is -2.29. The minimum atomic E-state index is -1.47. The van der Waals surface area contributed by atoms with Crippen LogP contribution in [0.1, 0.15) is 0 Å². The number of nitrogens with zero attached hydrogens (tertiary/aromatic N) is 2. The summed E-state index contributed by atoms with van der Waals surface area (Å²) in [6.45, 7) is 0. The van der Waals surface area contributed by atoms with E-state index >= 15 is 0 Å². The molecule has 0 fully saturated rings. The zero-order chi connectivity index (χ0) is 32.0. The molecule has 7 aromatic rings. The van der Waals surface area contributed by atoms with E-state index < -0.39 is 7.12 Å². The van der Waals surface area contributed by atoms with Crippen LogP contribution in [0.5, 0.6) is 0 Å². The van der Waals surface area contributed by atoms with E-state index in [4.69, 9.17) is 0 Å². The van der Waals surface area contributed by atoms with Gasteiger partial charge in [-0.1, -0.05) is 115 Å². The molecule has 2 N–H and O–H groups in total. The van der Waals surface area contributed by atoms with E-state index in [9.17, 15) is 10.0 Å². The molecular weight excluding hydrogens is 575 g/mol. The van der Waals surface area contributed by atoms with E-state index in [1.807, 2.05) is 30.3 Å². The third kappa shape index (κ3) is 6.58. The SMILES string of the molecule is OB(O)c1ccc(-c2ccc(N(c3ccccc3)c3ccc(-c4ccc(N(c5ccccc5)c5ccccc5)cc4)cc3)cc2)cc1. The largest absolute Gasteiger partial charge is 0.488 e. The van der Waals surface area contributed by atoms with E-state index in [1.165, 1.54) is 0 Å². The Kier molecular flexibility index (Phi) is 8.65. The number of para-hydroxylation sites is 3. The lowest BCUT2D eigenvalue weighted by atomic mass is 9.80. The Bertz CT molecular complexity index is 1980. The molecule has 0 aliphatic heterocycles. The van der Waals surface area contributed by atoms with Crippen LogP contribution < -0.4 is 15.3 Å². The van der Waals surface area contributed by atoms with Gasteiger partial charge in [0.1, 0.15) is 0 Å². The van der Waals surface area contributed by atoms with E-state index in [2.05, 4.69) is 155 Å². The summed E-state index contributed by atoms with van der Waals surface area (Å²) in [5, 5.41) is 18.9. The number of benzene rings is 7. The smallest absolute Gasteiger partial charge is 0.423 e. The van der Waals surface area contributed by atoms with Gasteiger partial charge in [0.05, 0.1) is 0 Å². The first-order chi connectivity index (χ1) is 23.1. The Labute approximate surface area is 276 Å².